The van der Waals surface area contributed by atoms with Crippen LogP contribution < -0.4 is 5.32 Å². The SMILES string of the molecule is Cc1nc(NCC(=O)N2CCC(CN3CCCCC3)CC2)cs1. The van der Waals surface area contributed by atoms with Gasteiger partial charge in [0, 0.05) is 25.0 Å². The Labute approximate surface area is 143 Å². The van der Waals surface area contributed by atoms with E-state index in [0.717, 1.165) is 42.7 Å². The summed E-state index contributed by atoms with van der Waals surface area (Å²) in [6, 6.07) is 0. The van der Waals surface area contributed by atoms with Gasteiger partial charge in [-0.2, -0.15) is 0 Å². The Morgan fingerprint density at radius 2 is 2.00 bits per heavy atom. The van der Waals surface area contributed by atoms with E-state index >= 15 is 0 Å². The van der Waals surface area contributed by atoms with Crippen LogP contribution in [-0.2, 0) is 4.79 Å². The monoisotopic (exact) mass is 336 g/mol. The minimum Gasteiger partial charge on any atom is -0.360 e. The zero-order valence-corrected chi connectivity index (χ0v) is 14.9. The van der Waals surface area contributed by atoms with Crippen molar-refractivity contribution in [2.45, 2.75) is 39.0 Å². The van der Waals surface area contributed by atoms with Gasteiger partial charge in [-0.15, -0.1) is 11.3 Å². The number of amides is 1. The zero-order valence-electron chi connectivity index (χ0n) is 14.1. The van der Waals surface area contributed by atoms with E-state index in [2.05, 4.69) is 15.2 Å². The highest BCUT2D eigenvalue weighted by Gasteiger charge is 2.24. The molecule has 0 atom stereocenters. The molecule has 0 unspecified atom stereocenters. The fourth-order valence-corrected chi connectivity index (χ4v) is 4.16. The molecule has 0 bridgehead atoms. The lowest BCUT2D eigenvalue weighted by atomic mass is 9.95. The van der Waals surface area contributed by atoms with Crippen LogP contribution >= 0.6 is 11.3 Å². The van der Waals surface area contributed by atoms with Crippen molar-refractivity contribution < 1.29 is 4.79 Å². The smallest absolute Gasteiger partial charge is 0.241 e. The van der Waals surface area contributed by atoms with E-state index in [0.29, 0.717) is 6.54 Å². The first-order valence-corrected chi connectivity index (χ1v) is 9.75. The number of aryl methyl sites for hydroxylation is 1. The molecule has 3 rings (SSSR count). The molecule has 5 nitrogen and oxygen atoms in total. The summed E-state index contributed by atoms with van der Waals surface area (Å²) in [5.41, 5.74) is 0. The topological polar surface area (TPSA) is 48.5 Å². The molecule has 1 amide bonds. The van der Waals surface area contributed by atoms with Crippen molar-refractivity contribution in [2.24, 2.45) is 5.92 Å². The third kappa shape index (κ3) is 4.91. The lowest BCUT2D eigenvalue weighted by molar-refractivity contribution is -0.130. The molecule has 2 fully saturated rings. The molecule has 2 saturated heterocycles. The maximum Gasteiger partial charge on any atom is 0.241 e. The maximum absolute atomic E-state index is 12.3. The Balaban J connectivity index is 1.37. The number of likely N-dealkylation sites (tertiary alicyclic amines) is 2. The van der Waals surface area contributed by atoms with Crippen LogP contribution in [0.5, 0.6) is 0 Å². The summed E-state index contributed by atoms with van der Waals surface area (Å²) in [5.74, 6) is 1.79. The number of rotatable bonds is 5. The van der Waals surface area contributed by atoms with Crippen molar-refractivity contribution in [1.82, 2.24) is 14.8 Å². The number of piperidine rings is 2. The number of anilines is 1. The average molecular weight is 337 g/mol. The van der Waals surface area contributed by atoms with Crippen molar-refractivity contribution in [2.75, 3.05) is 44.6 Å². The summed E-state index contributed by atoms with van der Waals surface area (Å²) >= 11 is 1.61. The molecule has 128 valence electrons. The van der Waals surface area contributed by atoms with Crippen molar-refractivity contribution in [3.63, 3.8) is 0 Å². The van der Waals surface area contributed by atoms with Crippen LogP contribution in [-0.4, -0.2) is 60.0 Å². The summed E-state index contributed by atoms with van der Waals surface area (Å²) < 4.78 is 0. The molecule has 2 aliphatic rings. The fourth-order valence-electron chi connectivity index (χ4n) is 3.59. The van der Waals surface area contributed by atoms with E-state index in [-0.39, 0.29) is 5.91 Å². The third-order valence-corrected chi connectivity index (χ3v) is 5.75. The van der Waals surface area contributed by atoms with E-state index in [1.54, 1.807) is 11.3 Å². The molecule has 1 N–H and O–H groups in total. The normalized spacial score (nSPS) is 20.7. The number of thiazole rings is 1. The minimum absolute atomic E-state index is 0.201. The van der Waals surface area contributed by atoms with Crippen molar-refractivity contribution in [1.29, 1.82) is 0 Å². The number of nitrogens with one attached hydrogen (secondary N) is 1. The van der Waals surface area contributed by atoms with Gasteiger partial charge in [-0.1, -0.05) is 6.42 Å². The molecule has 1 aromatic heterocycles. The maximum atomic E-state index is 12.3. The Bertz CT molecular complexity index is 504. The van der Waals surface area contributed by atoms with Crippen molar-refractivity contribution in [3.8, 4) is 0 Å². The number of hydrogen-bond donors (Lipinski definition) is 1. The Morgan fingerprint density at radius 1 is 1.26 bits per heavy atom. The van der Waals surface area contributed by atoms with E-state index < -0.39 is 0 Å². The molecule has 1 aromatic rings. The van der Waals surface area contributed by atoms with Crippen LogP contribution in [0.4, 0.5) is 5.82 Å². The second-order valence-corrected chi connectivity index (χ2v) is 7.85. The van der Waals surface area contributed by atoms with Crippen LogP contribution in [0, 0.1) is 12.8 Å². The van der Waals surface area contributed by atoms with E-state index in [9.17, 15) is 4.79 Å². The van der Waals surface area contributed by atoms with Gasteiger partial charge in [-0.05, 0) is 51.6 Å². The van der Waals surface area contributed by atoms with Crippen LogP contribution in [0.15, 0.2) is 5.38 Å². The van der Waals surface area contributed by atoms with Crippen molar-refractivity contribution in [3.05, 3.63) is 10.4 Å². The van der Waals surface area contributed by atoms with Gasteiger partial charge in [-0.25, -0.2) is 4.98 Å². The fraction of sp³-hybridized carbons (Fsp3) is 0.765. The van der Waals surface area contributed by atoms with Gasteiger partial charge in [0.15, 0.2) is 0 Å². The van der Waals surface area contributed by atoms with Crippen LogP contribution in [0.2, 0.25) is 0 Å². The van der Waals surface area contributed by atoms with Gasteiger partial charge in [0.1, 0.15) is 5.82 Å². The highest BCUT2D eigenvalue weighted by molar-refractivity contribution is 7.09. The minimum atomic E-state index is 0.201. The first-order chi connectivity index (χ1) is 11.2. The first-order valence-electron chi connectivity index (χ1n) is 8.87. The second kappa shape index (κ2) is 8.11. The van der Waals surface area contributed by atoms with E-state index in [1.165, 1.54) is 38.9 Å². The zero-order chi connectivity index (χ0) is 16.1. The standard InChI is InChI=1S/C17H28N4OS/c1-14-19-16(13-23-14)18-11-17(22)21-9-5-15(6-10-21)12-20-7-3-2-4-8-20/h13,15,18H,2-12H2,1H3. The molecular formula is C17H28N4OS. The van der Waals surface area contributed by atoms with E-state index in [4.69, 9.17) is 0 Å². The van der Waals surface area contributed by atoms with Crippen molar-refractivity contribution >= 4 is 23.1 Å². The number of carbonyl (C=O) groups excluding carboxylic acids is 1. The largest absolute Gasteiger partial charge is 0.360 e. The average Bonchev–Trinajstić information content (AvgIpc) is 3.00. The predicted molar refractivity (Wildman–Crippen MR) is 94.9 cm³/mol. The van der Waals surface area contributed by atoms with Gasteiger partial charge < -0.3 is 15.1 Å². The number of hydrogen-bond acceptors (Lipinski definition) is 5. The molecule has 2 aliphatic heterocycles. The van der Waals surface area contributed by atoms with Gasteiger partial charge in [-0.3, -0.25) is 4.79 Å². The predicted octanol–water partition coefficient (Wildman–Crippen LogP) is 2.59. The van der Waals surface area contributed by atoms with Gasteiger partial charge in [0.2, 0.25) is 5.91 Å². The molecule has 6 heteroatoms. The number of nitrogens with zero attached hydrogens (tertiary/aromatic N) is 3. The third-order valence-electron chi connectivity index (χ3n) is 4.97. The molecular weight excluding hydrogens is 308 g/mol. The summed E-state index contributed by atoms with van der Waals surface area (Å²) in [4.78, 5) is 21.3. The Morgan fingerprint density at radius 3 is 2.65 bits per heavy atom. The van der Waals surface area contributed by atoms with Gasteiger partial charge in [0.05, 0.1) is 11.6 Å². The quantitative estimate of drug-likeness (QED) is 0.898. The summed E-state index contributed by atoms with van der Waals surface area (Å²) in [7, 11) is 0. The molecule has 0 aromatic carbocycles. The van der Waals surface area contributed by atoms with Crippen LogP contribution in [0.1, 0.15) is 37.1 Å². The van der Waals surface area contributed by atoms with Gasteiger partial charge >= 0.3 is 0 Å². The molecule has 0 radical (unpaired) electrons. The lowest BCUT2D eigenvalue weighted by Crippen LogP contribution is -2.44. The van der Waals surface area contributed by atoms with Crippen LogP contribution in [0.3, 0.4) is 0 Å². The number of carbonyl (C=O) groups is 1. The Kier molecular flexibility index (Phi) is 5.89. The lowest BCUT2D eigenvalue weighted by Gasteiger charge is -2.36. The Hall–Kier alpha value is -1.14. The molecule has 23 heavy (non-hydrogen) atoms. The molecule has 0 saturated carbocycles. The summed E-state index contributed by atoms with van der Waals surface area (Å²) in [6.07, 6.45) is 6.42. The number of aromatic nitrogens is 1. The highest BCUT2D eigenvalue weighted by Crippen LogP contribution is 2.21. The highest BCUT2D eigenvalue weighted by atomic mass is 32.1. The molecule has 3 heterocycles. The molecule has 0 aliphatic carbocycles. The molecule has 0 spiro atoms. The van der Waals surface area contributed by atoms with Gasteiger partial charge in [0.25, 0.3) is 0 Å². The second-order valence-electron chi connectivity index (χ2n) is 6.79. The van der Waals surface area contributed by atoms with E-state index in [1.807, 2.05) is 17.2 Å². The van der Waals surface area contributed by atoms with Crippen LogP contribution in [0.25, 0.3) is 0 Å². The summed E-state index contributed by atoms with van der Waals surface area (Å²) in [5, 5.41) is 6.13. The summed E-state index contributed by atoms with van der Waals surface area (Å²) in [6.45, 7) is 7.94. The first kappa shape index (κ1) is 16.7.